The van der Waals surface area contributed by atoms with Crippen LogP contribution in [0.25, 0.3) is 0 Å². The lowest BCUT2D eigenvalue weighted by Gasteiger charge is -2.30. The normalized spacial score (nSPS) is 30.2. The molecule has 0 aromatic rings. The SMILES string of the molecule is O=C1/C(=C\O)CCC12CCCCC2. The van der Waals surface area contributed by atoms with Crippen molar-refractivity contribution in [2.24, 2.45) is 5.41 Å². The number of Topliss-reactive ketones (excluding diaryl/α,β-unsaturated/α-hetero) is 1. The van der Waals surface area contributed by atoms with E-state index in [9.17, 15) is 4.79 Å². The van der Waals surface area contributed by atoms with Gasteiger partial charge in [0.05, 0.1) is 6.26 Å². The quantitative estimate of drug-likeness (QED) is 0.459. The predicted octanol–water partition coefficient (Wildman–Crippen LogP) is 2.74. The predicted molar refractivity (Wildman–Crippen MR) is 50.5 cm³/mol. The van der Waals surface area contributed by atoms with Crippen molar-refractivity contribution in [3.63, 3.8) is 0 Å². The van der Waals surface area contributed by atoms with E-state index in [1.807, 2.05) is 0 Å². The maximum Gasteiger partial charge on any atom is 0.168 e. The van der Waals surface area contributed by atoms with Crippen LogP contribution >= 0.6 is 0 Å². The number of hydrogen-bond acceptors (Lipinski definition) is 2. The highest BCUT2D eigenvalue weighted by atomic mass is 16.2. The van der Waals surface area contributed by atoms with E-state index in [0.717, 1.165) is 31.9 Å². The summed E-state index contributed by atoms with van der Waals surface area (Å²) in [6.45, 7) is 0. The molecule has 2 saturated carbocycles. The second kappa shape index (κ2) is 3.17. The highest BCUT2D eigenvalue weighted by Crippen LogP contribution is 2.48. The molecule has 0 aliphatic heterocycles. The molecule has 2 aliphatic carbocycles. The van der Waals surface area contributed by atoms with Gasteiger partial charge >= 0.3 is 0 Å². The molecule has 0 radical (unpaired) electrons. The van der Waals surface area contributed by atoms with E-state index in [4.69, 9.17) is 5.11 Å². The summed E-state index contributed by atoms with van der Waals surface area (Å²) in [5, 5.41) is 8.87. The van der Waals surface area contributed by atoms with E-state index in [-0.39, 0.29) is 11.2 Å². The monoisotopic (exact) mass is 180 g/mol. The molecule has 0 heterocycles. The van der Waals surface area contributed by atoms with E-state index >= 15 is 0 Å². The number of carbonyl (C=O) groups is 1. The molecule has 0 amide bonds. The van der Waals surface area contributed by atoms with Gasteiger partial charge in [0, 0.05) is 11.0 Å². The van der Waals surface area contributed by atoms with Gasteiger partial charge in [-0.3, -0.25) is 4.79 Å². The third-order valence-electron chi connectivity index (χ3n) is 3.61. The molecule has 2 aliphatic rings. The van der Waals surface area contributed by atoms with E-state index in [0.29, 0.717) is 5.57 Å². The number of hydrogen-bond donors (Lipinski definition) is 1. The molecule has 2 heteroatoms. The van der Waals surface area contributed by atoms with E-state index < -0.39 is 0 Å². The molecule has 2 nitrogen and oxygen atoms in total. The minimum absolute atomic E-state index is 0.0627. The van der Waals surface area contributed by atoms with Crippen molar-refractivity contribution in [3.8, 4) is 0 Å². The van der Waals surface area contributed by atoms with E-state index in [2.05, 4.69) is 0 Å². The molecule has 0 unspecified atom stereocenters. The van der Waals surface area contributed by atoms with Crippen LogP contribution in [0, 0.1) is 5.41 Å². The molecule has 0 saturated heterocycles. The van der Waals surface area contributed by atoms with Gasteiger partial charge in [-0.05, 0) is 25.7 Å². The van der Waals surface area contributed by atoms with Crippen molar-refractivity contribution >= 4 is 5.78 Å². The van der Waals surface area contributed by atoms with Crippen molar-refractivity contribution in [1.29, 1.82) is 0 Å². The fourth-order valence-electron chi connectivity index (χ4n) is 2.77. The zero-order valence-corrected chi connectivity index (χ0v) is 7.88. The number of aliphatic hydroxyl groups is 1. The van der Waals surface area contributed by atoms with E-state index in [1.54, 1.807) is 0 Å². The molecule has 13 heavy (non-hydrogen) atoms. The minimum Gasteiger partial charge on any atom is -0.515 e. The highest BCUT2D eigenvalue weighted by Gasteiger charge is 2.45. The fraction of sp³-hybridized carbons (Fsp3) is 0.727. The standard InChI is InChI=1S/C11H16O2/c12-8-9-4-7-11(10(9)13)5-2-1-3-6-11/h8,12H,1-7H2/b9-8-. The Labute approximate surface area is 78.6 Å². The molecule has 72 valence electrons. The summed E-state index contributed by atoms with van der Waals surface area (Å²) in [5.74, 6) is 0.231. The third-order valence-corrected chi connectivity index (χ3v) is 3.61. The number of aliphatic hydroxyl groups excluding tert-OH is 1. The zero-order valence-electron chi connectivity index (χ0n) is 7.88. The molecule has 1 N–H and O–H groups in total. The Balaban J connectivity index is 2.20. The van der Waals surface area contributed by atoms with Crippen LogP contribution in [0.2, 0.25) is 0 Å². The second-order valence-electron chi connectivity index (χ2n) is 4.32. The zero-order chi connectivity index (χ0) is 9.31. The first-order valence-electron chi connectivity index (χ1n) is 5.17. The van der Waals surface area contributed by atoms with Crippen LogP contribution in [-0.4, -0.2) is 10.9 Å². The molecule has 0 atom stereocenters. The number of allylic oxidation sites excluding steroid dienone is 1. The number of rotatable bonds is 0. The molecule has 1 spiro atoms. The molecule has 0 aromatic carbocycles. The largest absolute Gasteiger partial charge is 0.515 e. The third kappa shape index (κ3) is 1.28. The lowest BCUT2D eigenvalue weighted by molar-refractivity contribution is -0.124. The average molecular weight is 180 g/mol. The summed E-state index contributed by atoms with van der Waals surface area (Å²) in [4.78, 5) is 11.9. The molecule has 0 bridgehead atoms. The van der Waals surface area contributed by atoms with Crippen molar-refractivity contribution < 1.29 is 9.90 Å². The Kier molecular flexibility index (Phi) is 2.14. The maximum absolute atomic E-state index is 11.9. The lowest BCUT2D eigenvalue weighted by Crippen LogP contribution is -2.28. The molecular formula is C11H16O2. The smallest absolute Gasteiger partial charge is 0.168 e. The lowest BCUT2D eigenvalue weighted by atomic mass is 9.72. The summed E-state index contributed by atoms with van der Waals surface area (Å²) >= 11 is 0. The van der Waals surface area contributed by atoms with Gasteiger partial charge in [0.2, 0.25) is 0 Å². The Morgan fingerprint density at radius 3 is 2.38 bits per heavy atom. The van der Waals surface area contributed by atoms with Gasteiger partial charge in [0.15, 0.2) is 5.78 Å². The van der Waals surface area contributed by atoms with Gasteiger partial charge in [-0.1, -0.05) is 19.3 Å². The average Bonchev–Trinajstić information content (AvgIpc) is 2.47. The van der Waals surface area contributed by atoms with Crippen LogP contribution in [0.4, 0.5) is 0 Å². The summed E-state index contributed by atoms with van der Waals surface area (Å²) in [6, 6.07) is 0. The topological polar surface area (TPSA) is 37.3 Å². The second-order valence-corrected chi connectivity index (χ2v) is 4.32. The Bertz CT molecular complexity index is 247. The summed E-state index contributed by atoms with van der Waals surface area (Å²) in [7, 11) is 0. The van der Waals surface area contributed by atoms with Crippen molar-refractivity contribution in [3.05, 3.63) is 11.8 Å². The molecule has 0 aromatic heterocycles. The van der Waals surface area contributed by atoms with Gasteiger partial charge in [-0.2, -0.15) is 0 Å². The minimum atomic E-state index is -0.0627. The number of ketones is 1. The van der Waals surface area contributed by atoms with Crippen LogP contribution in [0.15, 0.2) is 11.8 Å². The van der Waals surface area contributed by atoms with E-state index in [1.165, 1.54) is 19.3 Å². The van der Waals surface area contributed by atoms with Crippen molar-refractivity contribution in [2.75, 3.05) is 0 Å². The van der Waals surface area contributed by atoms with Gasteiger partial charge in [0.25, 0.3) is 0 Å². The van der Waals surface area contributed by atoms with Crippen molar-refractivity contribution in [2.45, 2.75) is 44.9 Å². The van der Waals surface area contributed by atoms with Gasteiger partial charge < -0.3 is 5.11 Å². The van der Waals surface area contributed by atoms with Crippen LogP contribution in [0.5, 0.6) is 0 Å². The van der Waals surface area contributed by atoms with Gasteiger partial charge in [-0.25, -0.2) is 0 Å². The maximum atomic E-state index is 11.9. The van der Waals surface area contributed by atoms with Crippen LogP contribution in [0.1, 0.15) is 44.9 Å². The first-order chi connectivity index (χ1) is 6.28. The summed E-state index contributed by atoms with van der Waals surface area (Å²) in [6.07, 6.45) is 8.51. The van der Waals surface area contributed by atoms with Gasteiger partial charge in [-0.15, -0.1) is 0 Å². The molecule has 2 rings (SSSR count). The Morgan fingerprint density at radius 1 is 1.15 bits per heavy atom. The van der Waals surface area contributed by atoms with Crippen LogP contribution in [0.3, 0.4) is 0 Å². The van der Waals surface area contributed by atoms with Gasteiger partial charge in [0.1, 0.15) is 0 Å². The Hall–Kier alpha value is -0.790. The van der Waals surface area contributed by atoms with Crippen LogP contribution < -0.4 is 0 Å². The molecular weight excluding hydrogens is 164 g/mol. The first kappa shape index (κ1) is 8.79. The fourth-order valence-corrected chi connectivity index (χ4v) is 2.77. The summed E-state index contributed by atoms with van der Waals surface area (Å²) in [5.41, 5.74) is 0.592. The summed E-state index contributed by atoms with van der Waals surface area (Å²) < 4.78 is 0. The Morgan fingerprint density at radius 2 is 1.85 bits per heavy atom. The number of carbonyl (C=O) groups excluding carboxylic acids is 1. The molecule has 2 fully saturated rings. The highest BCUT2D eigenvalue weighted by molar-refractivity contribution is 6.01. The van der Waals surface area contributed by atoms with Crippen molar-refractivity contribution in [1.82, 2.24) is 0 Å². The first-order valence-corrected chi connectivity index (χ1v) is 5.17. The van der Waals surface area contributed by atoms with Crippen LogP contribution in [-0.2, 0) is 4.79 Å².